The van der Waals surface area contributed by atoms with E-state index in [2.05, 4.69) is 20.8 Å². The molecule has 0 aliphatic heterocycles. The van der Waals surface area contributed by atoms with E-state index in [0.29, 0.717) is 5.82 Å². The number of aromatic nitrogens is 2. The van der Waals surface area contributed by atoms with Crippen LogP contribution in [0.1, 0.15) is 52.8 Å². The van der Waals surface area contributed by atoms with Crippen LogP contribution in [0.2, 0.25) is 0 Å². The molecule has 1 amide bonds. The van der Waals surface area contributed by atoms with E-state index in [1.807, 2.05) is 63.2 Å². The van der Waals surface area contributed by atoms with E-state index in [1.54, 1.807) is 4.68 Å². The summed E-state index contributed by atoms with van der Waals surface area (Å²) in [5.74, 6) is 0.557. The van der Waals surface area contributed by atoms with Gasteiger partial charge in [0.1, 0.15) is 5.82 Å². The second kappa shape index (κ2) is 7.10. The Hall–Kier alpha value is -3.02. The van der Waals surface area contributed by atoms with Crippen molar-refractivity contribution in [1.82, 2.24) is 14.7 Å². The van der Waals surface area contributed by atoms with Gasteiger partial charge in [-0.3, -0.25) is 4.90 Å². The molecule has 0 saturated heterocycles. The summed E-state index contributed by atoms with van der Waals surface area (Å²) in [6.07, 6.45) is -0.944. The van der Waals surface area contributed by atoms with Crippen LogP contribution in [0.5, 0.6) is 0 Å². The second-order valence-electron chi connectivity index (χ2n) is 9.48. The lowest BCUT2D eigenvalue weighted by molar-refractivity contribution is 0.0958. The summed E-state index contributed by atoms with van der Waals surface area (Å²) in [7, 11) is 0. The minimum Gasteiger partial charge on any atom is -0.465 e. The van der Waals surface area contributed by atoms with Gasteiger partial charge in [-0.1, -0.05) is 45.0 Å². The highest BCUT2D eigenvalue weighted by Crippen LogP contribution is 2.29. The third-order valence-electron chi connectivity index (χ3n) is 5.05. The Morgan fingerprint density at radius 2 is 1.76 bits per heavy atom. The molecule has 0 aliphatic carbocycles. The van der Waals surface area contributed by atoms with Crippen molar-refractivity contribution in [1.29, 1.82) is 0 Å². The molecule has 0 atom stereocenters. The van der Waals surface area contributed by atoms with Crippen molar-refractivity contribution in [3.63, 3.8) is 0 Å². The third-order valence-corrected chi connectivity index (χ3v) is 5.05. The van der Waals surface area contributed by atoms with Gasteiger partial charge in [0.2, 0.25) is 0 Å². The molecule has 0 saturated carbocycles. The van der Waals surface area contributed by atoms with Crippen LogP contribution in [0.15, 0.2) is 42.5 Å². The van der Waals surface area contributed by atoms with Gasteiger partial charge in [-0.15, -0.1) is 0 Å². The fraction of sp³-hybridized carbons (Fsp3) is 0.391. The molecule has 0 unspecified atom stereocenters. The van der Waals surface area contributed by atoms with Gasteiger partial charge in [-0.05, 0) is 49.2 Å². The zero-order valence-corrected chi connectivity index (χ0v) is 18.0. The number of fused-ring (bicyclic) bond motifs is 1. The second-order valence-corrected chi connectivity index (χ2v) is 9.48. The Morgan fingerprint density at radius 1 is 1.10 bits per heavy atom. The van der Waals surface area contributed by atoms with Gasteiger partial charge in [0.25, 0.3) is 0 Å². The van der Waals surface area contributed by atoms with E-state index >= 15 is 0 Å². The molecule has 6 heteroatoms. The number of hydrogen-bond donors (Lipinski definition) is 2. The Balaban J connectivity index is 2.17. The number of carbonyl (C=O) groups is 1. The minimum atomic E-state index is -0.944. The van der Waals surface area contributed by atoms with Crippen molar-refractivity contribution in [2.75, 3.05) is 5.73 Å². The maximum absolute atomic E-state index is 11.9. The maximum atomic E-state index is 11.9. The molecular formula is C23H30N4O2. The molecule has 29 heavy (non-hydrogen) atoms. The Labute approximate surface area is 171 Å². The Kier molecular flexibility index (Phi) is 5.07. The quantitative estimate of drug-likeness (QED) is 0.641. The first-order valence-electron chi connectivity index (χ1n) is 9.76. The fourth-order valence-corrected chi connectivity index (χ4v) is 3.36. The highest BCUT2D eigenvalue weighted by Gasteiger charge is 2.27. The van der Waals surface area contributed by atoms with E-state index in [1.165, 1.54) is 4.90 Å². The van der Waals surface area contributed by atoms with Crippen molar-refractivity contribution >= 4 is 22.7 Å². The van der Waals surface area contributed by atoms with Crippen LogP contribution in [-0.4, -0.2) is 31.4 Å². The molecule has 3 N–H and O–H groups in total. The summed E-state index contributed by atoms with van der Waals surface area (Å²) < 4.78 is 1.73. The average molecular weight is 395 g/mol. The van der Waals surface area contributed by atoms with Crippen LogP contribution in [0, 0.1) is 0 Å². The van der Waals surface area contributed by atoms with Crippen molar-refractivity contribution < 1.29 is 9.90 Å². The zero-order chi connectivity index (χ0) is 21.6. The molecule has 0 aliphatic rings. The van der Waals surface area contributed by atoms with Crippen LogP contribution in [0.4, 0.5) is 10.6 Å². The summed E-state index contributed by atoms with van der Waals surface area (Å²) in [6.45, 7) is 12.3. The molecule has 0 spiro atoms. The van der Waals surface area contributed by atoms with Crippen LogP contribution in [0.25, 0.3) is 16.5 Å². The van der Waals surface area contributed by atoms with E-state index in [-0.39, 0.29) is 12.0 Å². The van der Waals surface area contributed by atoms with Gasteiger partial charge >= 0.3 is 6.09 Å². The lowest BCUT2D eigenvalue weighted by Crippen LogP contribution is -2.44. The van der Waals surface area contributed by atoms with E-state index in [4.69, 9.17) is 10.8 Å². The Bertz CT molecular complexity index is 1050. The average Bonchev–Trinajstić information content (AvgIpc) is 3.00. The molecule has 1 heterocycles. The molecule has 0 radical (unpaired) electrons. The minimum absolute atomic E-state index is 0.120. The highest BCUT2D eigenvalue weighted by molar-refractivity contribution is 5.88. The largest absolute Gasteiger partial charge is 0.465 e. The molecule has 0 fully saturated rings. The van der Waals surface area contributed by atoms with Crippen LogP contribution in [-0.2, 0) is 12.0 Å². The highest BCUT2D eigenvalue weighted by atomic mass is 16.4. The van der Waals surface area contributed by atoms with Gasteiger partial charge in [0.15, 0.2) is 0 Å². The third kappa shape index (κ3) is 4.21. The lowest BCUT2D eigenvalue weighted by Gasteiger charge is -2.33. The van der Waals surface area contributed by atoms with E-state index < -0.39 is 11.6 Å². The van der Waals surface area contributed by atoms with Crippen LogP contribution < -0.4 is 5.73 Å². The lowest BCUT2D eigenvalue weighted by atomic mass is 9.92. The Morgan fingerprint density at radius 3 is 2.31 bits per heavy atom. The first-order valence-corrected chi connectivity index (χ1v) is 9.76. The predicted molar refractivity (Wildman–Crippen MR) is 118 cm³/mol. The smallest absolute Gasteiger partial charge is 0.408 e. The van der Waals surface area contributed by atoms with Crippen LogP contribution >= 0.6 is 0 Å². The maximum Gasteiger partial charge on any atom is 0.408 e. The summed E-state index contributed by atoms with van der Waals surface area (Å²) >= 11 is 0. The predicted octanol–water partition coefficient (Wildman–Crippen LogP) is 5.18. The van der Waals surface area contributed by atoms with Gasteiger partial charge < -0.3 is 10.8 Å². The number of benzene rings is 2. The summed E-state index contributed by atoms with van der Waals surface area (Å²) in [4.78, 5) is 13.3. The number of nitrogens with zero attached hydrogens (tertiary/aromatic N) is 3. The summed E-state index contributed by atoms with van der Waals surface area (Å²) in [5, 5.41) is 16.5. The number of nitrogen functional groups attached to an aromatic ring is 1. The van der Waals surface area contributed by atoms with Crippen molar-refractivity contribution in [3.05, 3.63) is 53.7 Å². The molecular weight excluding hydrogens is 364 g/mol. The fourth-order valence-electron chi connectivity index (χ4n) is 3.36. The van der Waals surface area contributed by atoms with Crippen molar-refractivity contribution in [2.24, 2.45) is 0 Å². The molecule has 0 bridgehead atoms. The summed E-state index contributed by atoms with van der Waals surface area (Å²) in [5.41, 5.74) is 8.29. The summed E-state index contributed by atoms with van der Waals surface area (Å²) in [6, 6.07) is 13.9. The molecule has 154 valence electrons. The number of carboxylic acid groups (broad SMARTS) is 1. The molecule has 3 aromatic rings. The number of amides is 1. The van der Waals surface area contributed by atoms with E-state index in [9.17, 15) is 9.90 Å². The SMILES string of the molecule is CC(C)(C)c1cc(N)n(-c2cc(CN(C(=O)O)C(C)(C)C)c3ccccc3c2)n1. The van der Waals surface area contributed by atoms with Gasteiger partial charge in [-0.25, -0.2) is 9.48 Å². The first-order chi connectivity index (χ1) is 13.4. The number of nitrogens with two attached hydrogens (primary N) is 1. The van der Waals surface area contributed by atoms with Gasteiger partial charge in [-0.2, -0.15) is 5.10 Å². The number of hydrogen-bond acceptors (Lipinski definition) is 3. The standard InChI is InChI=1S/C23H30N4O2/c1-22(2,3)19-13-20(24)27(25-19)17-11-15-9-7-8-10-18(15)16(12-17)14-26(21(28)29)23(4,5)6/h7-13H,14,24H2,1-6H3,(H,28,29). The first kappa shape index (κ1) is 20.7. The van der Waals surface area contributed by atoms with Gasteiger partial charge in [0, 0.05) is 17.0 Å². The monoisotopic (exact) mass is 394 g/mol. The number of rotatable bonds is 3. The normalized spacial score (nSPS) is 12.3. The van der Waals surface area contributed by atoms with Crippen LogP contribution in [0.3, 0.4) is 0 Å². The van der Waals surface area contributed by atoms with Crippen molar-refractivity contribution in [3.8, 4) is 5.69 Å². The van der Waals surface area contributed by atoms with Gasteiger partial charge in [0.05, 0.1) is 17.9 Å². The van der Waals surface area contributed by atoms with E-state index in [0.717, 1.165) is 27.7 Å². The molecule has 3 rings (SSSR count). The molecule has 2 aromatic carbocycles. The zero-order valence-electron chi connectivity index (χ0n) is 18.0. The number of anilines is 1. The topological polar surface area (TPSA) is 84.4 Å². The molecule has 6 nitrogen and oxygen atoms in total. The molecule has 1 aromatic heterocycles. The van der Waals surface area contributed by atoms with Crippen molar-refractivity contribution in [2.45, 2.75) is 59.0 Å².